The third-order valence-electron chi connectivity index (χ3n) is 2.96. The van der Waals surface area contributed by atoms with Gasteiger partial charge in [-0.1, -0.05) is 0 Å². The number of nitrogens with zero attached hydrogens (tertiary/aromatic N) is 3. The van der Waals surface area contributed by atoms with Gasteiger partial charge in [-0.3, -0.25) is 4.79 Å². The number of amides is 1. The van der Waals surface area contributed by atoms with Crippen LogP contribution >= 0.6 is 0 Å². The first-order chi connectivity index (χ1) is 10.5. The fraction of sp³-hybridized carbons (Fsp3) is 0.312. The molecule has 2 N–H and O–H groups in total. The molecule has 22 heavy (non-hydrogen) atoms. The van der Waals surface area contributed by atoms with Crippen LogP contribution in [-0.4, -0.2) is 36.0 Å². The zero-order valence-corrected chi connectivity index (χ0v) is 13.3. The second-order valence-corrected chi connectivity index (χ2v) is 5.48. The maximum Gasteiger partial charge on any atom is 0.275 e. The lowest BCUT2D eigenvalue weighted by molar-refractivity contribution is 0.102. The highest BCUT2D eigenvalue weighted by Gasteiger charge is 2.09. The number of anilines is 3. The van der Waals surface area contributed by atoms with E-state index < -0.39 is 0 Å². The Morgan fingerprint density at radius 3 is 2.27 bits per heavy atom. The van der Waals surface area contributed by atoms with Crippen molar-refractivity contribution in [1.82, 2.24) is 9.97 Å². The lowest BCUT2D eigenvalue weighted by atomic mass is 10.2. The Labute approximate surface area is 130 Å². The second kappa shape index (κ2) is 6.89. The van der Waals surface area contributed by atoms with Crippen LogP contribution in [0.15, 0.2) is 36.7 Å². The van der Waals surface area contributed by atoms with Gasteiger partial charge in [0.15, 0.2) is 0 Å². The Morgan fingerprint density at radius 1 is 1.09 bits per heavy atom. The zero-order valence-electron chi connectivity index (χ0n) is 13.3. The first-order valence-corrected chi connectivity index (χ1v) is 7.13. The van der Waals surface area contributed by atoms with E-state index in [1.807, 2.05) is 57.1 Å². The highest BCUT2D eigenvalue weighted by Crippen LogP contribution is 2.16. The third kappa shape index (κ3) is 4.18. The maximum absolute atomic E-state index is 12.1. The molecule has 0 aliphatic heterocycles. The molecule has 0 saturated heterocycles. The molecule has 0 radical (unpaired) electrons. The Kier molecular flexibility index (Phi) is 4.93. The first kappa shape index (κ1) is 15.8. The fourth-order valence-corrected chi connectivity index (χ4v) is 1.85. The number of benzene rings is 1. The molecule has 1 aromatic heterocycles. The lowest BCUT2D eigenvalue weighted by Crippen LogP contribution is -2.16. The number of hydrogen-bond acceptors (Lipinski definition) is 5. The summed E-state index contributed by atoms with van der Waals surface area (Å²) in [4.78, 5) is 22.4. The van der Waals surface area contributed by atoms with Crippen molar-refractivity contribution in [2.75, 3.05) is 29.6 Å². The van der Waals surface area contributed by atoms with Gasteiger partial charge < -0.3 is 15.5 Å². The molecule has 0 bridgehead atoms. The topological polar surface area (TPSA) is 70.2 Å². The molecule has 0 aliphatic carbocycles. The summed E-state index contributed by atoms with van der Waals surface area (Å²) in [6.45, 7) is 4.03. The van der Waals surface area contributed by atoms with Crippen LogP contribution in [-0.2, 0) is 0 Å². The summed E-state index contributed by atoms with van der Waals surface area (Å²) in [5, 5.41) is 5.93. The smallest absolute Gasteiger partial charge is 0.275 e. The molecule has 2 aromatic rings. The van der Waals surface area contributed by atoms with Crippen LogP contribution in [0.3, 0.4) is 0 Å². The summed E-state index contributed by atoms with van der Waals surface area (Å²) < 4.78 is 0. The number of nitrogens with one attached hydrogen (secondary N) is 2. The molecule has 0 saturated carbocycles. The van der Waals surface area contributed by atoms with E-state index >= 15 is 0 Å². The van der Waals surface area contributed by atoms with Crippen LogP contribution in [0, 0.1) is 0 Å². The SMILES string of the molecule is CC(C)Nc1cnc(C(=O)Nc2ccc(N(C)C)cc2)cn1. The summed E-state index contributed by atoms with van der Waals surface area (Å²) in [5.41, 5.74) is 2.08. The normalized spacial score (nSPS) is 10.4. The number of carbonyl (C=O) groups is 1. The molecule has 1 aromatic carbocycles. The quantitative estimate of drug-likeness (QED) is 0.888. The van der Waals surface area contributed by atoms with Crippen LogP contribution in [0.2, 0.25) is 0 Å². The summed E-state index contributed by atoms with van der Waals surface area (Å²) >= 11 is 0. The number of hydrogen-bond donors (Lipinski definition) is 2. The molecule has 0 fully saturated rings. The van der Waals surface area contributed by atoms with E-state index in [9.17, 15) is 4.79 Å². The van der Waals surface area contributed by atoms with Crippen LogP contribution in [0.4, 0.5) is 17.2 Å². The van der Waals surface area contributed by atoms with E-state index in [1.54, 1.807) is 6.20 Å². The van der Waals surface area contributed by atoms with Crippen molar-refractivity contribution in [3.8, 4) is 0 Å². The Bertz CT molecular complexity index is 620. The minimum absolute atomic E-state index is 0.268. The molecule has 6 nitrogen and oxygen atoms in total. The van der Waals surface area contributed by atoms with E-state index in [0.717, 1.165) is 11.4 Å². The molecule has 116 valence electrons. The Balaban J connectivity index is 2.02. The van der Waals surface area contributed by atoms with Gasteiger partial charge in [-0.25, -0.2) is 9.97 Å². The molecule has 0 atom stereocenters. The average molecular weight is 299 g/mol. The monoisotopic (exact) mass is 299 g/mol. The molecule has 0 spiro atoms. The molecular weight excluding hydrogens is 278 g/mol. The molecule has 6 heteroatoms. The van der Waals surface area contributed by atoms with Crippen LogP contribution in [0.25, 0.3) is 0 Å². The molecule has 0 aliphatic rings. The van der Waals surface area contributed by atoms with E-state index in [0.29, 0.717) is 5.82 Å². The first-order valence-electron chi connectivity index (χ1n) is 7.13. The van der Waals surface area contributed by atoms with Crippen molar-refractivity contribution in [3.05, 3.63) is 42.4 Å². The molecule has 0 unspecified atom stereocenters. The summed E-state index contributed by atoms with van der Waals surface area (Å²) in [6.07, 6.45) is 3.03. The Morgan fingerprint density at radius 2 is 1.77 bits per heavy atom. The highest BCUT2D eigenvalue weighted by molar-refractivity contribution is 6.02. The minimum atomic E-state index is -0.277. The van der Waals surface area contributed by atoms with Gasteiger partial charge in [0.1, 0.15) is 11.5 Å². The van der Waals surface area contributed by atoms with Gasteiger partial charge in [0.2, 0.25) is 0 Å². The molecular formula is C16H21N5O. The van der Waals surface area contributed by atoms with E-state index in [-0.39, 0.29) is 17.6 Å². The van der Waals surface area contributed by atoms with E-state index in [2.05, 4.69) is 20.6 Å². The number of carbonyl (C=O) groups excluding carboxylic acids is 1. The van der Waals surface area contributed by atoms with Crippen LogP contribution < -0.4 is 15.5 Å². The fourth-order valence-electron chi connectivity index (χ4n) is 1.85. The molecule has 1 heterocycles. The number of aromatic nitrogens is 2. The van der Waals surface area contributed by atoms with Crippen LogP contribution in [0.1, 0.15) is 24.3 Å². The number of rotatable bonds is 5. The van der Waals surface area contributed by atoms with Crippen molar-refractivity contribution >= 4 is 23.1 Å². The standard InChI is InChI=1S/C16H21N5O/c1-11(2)19-15-10-17-14(9-18-15)16(22)20-12-5-7-13(8-6-12)21(3)4/h5-11H,1-4H3,(H,18,19)(H,20,22). The highest BCUT2D eigenvalue weighted by atomic mass is 16.1. The largest absolute Gasteiger partial charge is 0.378 e. The van der Waals surface area contributed by atoms with Crippen LogP contribution in [0.5, 0.6) is 0 Å². The van der Waals surface area contributed by atoms with Gasteiger partial charge >= 0.3 is 0 Å². The predicted molar refractivity (Wildman–Crippen MR) is 89.5 cm³/mol. The third-order valence-corrected chi connectivity index (χ3v) is 2.96. The van der Waals surface area contributed by atoms with Gasteiger partial charge in [0.25, 0.3) is 5.91 Å². The maximum atomic E-state index is 12.1. The van der Waals surface area contributed by atoms with Gasteiger partial charge in [0.05, 0.1) is 12.4 Å². The van der Waals surface area contributed by atoms with Crippen molar-refractivity contribution in [2.24, 2.45) is 0 Å². The molecule has 1 amide bonds. The van der Waals surface area contributed by atoms with Crippen molar-refractivity contribution in [3.63, 3.8) is 0 Å². The van der Waals surface area contributed by atoms with Gasteiger partial charge in [-0.15, -0.1) is 0 Å². The average Bonchev–Trinajstić information content (AvgIpc) is 2.48. The van der Waals surface area contributed by atoms with E-state index in [4.69, 9.17) is 0 Å². The summed E-state index contributed by atoms with van der Waals surface area (Å²) in [5.74, 6) is 0.378. The van der Waals surface area contributed by atoms with Gasteiger partial charge in [-0.2, -0.15) is 0 Å². The van der Waals surface area contributed by atoms with Crippen molar-refractivity contribution in [1.29, 1.82) is 0 Å². The lowest BCUT2D eigenvalue weighted by Gasteiger charge is -2.13. The van der Waals surface area contributed by atoms with Gasteiger partial charge in [0, 0.05) is 31.5 Å². The minimum Gasteiger partial charge on any atom is -0.378 e. The summed E-state index contributed by atoms with van der Waals surface area (Å²) in [6, 6.07) is 7.86. The van der Waals surface area contributed by atoms with Gasteiger partial charge in [-0.05, 0) is 38.1 Å². The van der Waals surface area contributed by atoms with E-state index in [1.165, 1.54) is 6.20 Å². The molecule has 2 rings (SSSR count). The predicted octanol–water partition coefficient (Wildman–Crippen LogP) is 2.62. The second-order valence-electron chi connectivity index (χ2n) is 5.48. The Hall–Kier alpha value is -2.63. The van der Waals surface area contributed by atoms with Crippen molar-refractivity contribution in [2.45, 2.75) is 19.9 Å². The van der Waals surface area contributed by atoms with Crippen molar-refractivity contribution < 1.29 is 4.79 Å². The summed E-state index contributed by atoms with van der Waals surface area (Å²) in [7, 11) is 3.94. The zero-order chi connectivity index (χ0) is 16.1.